The molecule has 4 rings (SSSR count). The fourth-order valence-corrected chi connectivity index (χ4v) is 3.15. The molecule has 2 aromatic heterocycles. The topological polar surface area (TPSA) is 122 Å². The Bertz CT molecular complexity index is 1490. The predicted octanol–water partition coefficient (Wildman–Crippen LogP) is 1.44. The van der Waals surface area contributed by atoms with Crippen molar-refractivity contribution in [2.45, 2.75) is 13.8 Å². The first-order chi connectivity index (χ1) is 14.4. The maximum atomic E-state index is 12.7. The lowest BCUT2D eigenvalue weighted by Gasteiger charge is -2.10. The molecule has 0 aliphatic carbocycles. The van der Waals surface area contributed by atoms with Crippen LogP contribution in [0.4, 0.5) is 0 Å². The van der Waals surface area contributed by atoms with Gasteiger partial charge in [0.15, 0.2) is 0 Å². The lowest BCUT2D eigenvalue weighted by Crippen LogP contribution is -2.31. The normalized spacial score (nSPS) is 11.4. The van der Waals surface area contributed by atoms with Gasteiger partial charge in [0.2, 0.25) is 5.88 Å². The number of fused-ring (bicyclic) bond motifs is 1. The van der Waals surface area contributed by atoms with Crippen LogP contribution in [0, 0.1) is 13.8 Å². The molecule has 9 heteroatoms. The molecule has 0 aliphatic heterocycles. The Morgan fingerprint density at radius 2 is 1.83 bits per heavy atom. The van der Waals surface area contributed by atoms with Gasteiger partial charge in [-0.1, -0.05) is 24.3 Å². The van der Waals surface area contributed by atoms with E-state index < -0.39 is 22.7 Å². The molecule has 150 valence electrons. The molecule has 0 amide bonds. The van der Waals surface area contributed by atoms with Gasteiger partial charge in [0.05, 0.1) is 22.8 Å². The summed E-state index contributed by atoms with van der Waals surface area (Å²) in [5.41, 5.74) is -0.535. The van der Waals surface area contributed by atoms with E-state index in [1.54, 1.807) is 49.4 Å². The molecule has 0 atom stereocenters. The van der Waals surface area contributed by atoms with E-state index in [9.17, 15) is 19.5 Å². The lowest BCUT2D eigenvalue weighted by molar-refractivity contribution is 0.430. The van der Waals surface area contributed by atoms with E-state index in [0.717, 1.165) is 21.0 Å². The van der Waals surface area contributed by atoms with Crippen LogP contribution in [-0.2, 0) is 0 Å². The van der Waals surface area contributed by atoms with Gasteiger partial charge in [0.25, 0.3) is 11.1 Å². The summed E-state index contributed by atoms with van der Waals surface area (Å²) in [6.07, 6.45) is 1.03. The molecule has 0 saturated carbocycles. The zero-order valence-corrected chi connectivity index (χ0v) is 16.2. The van der Waals surface area contributed by atoms with Gasteiger partial charge in [-0.2, -0.15) is 9.78 Å². The summed E-state index contributed by atoms with van der Waals surface area (Å²) < 4.78 is 1.99. The number of aromatic amines is 1. The molecule has 2 heterocycles. The minimum absolute atomic E-state index is 0.268. The molecule has 30 heavy (non-hydrogen) atoms. The number of para-hydroxylation sites is 1. The van der Waals surface area contributed by atoms with Crippen LogP contribution in [0.25, 0.3) is 16.6 Å². The zero-order valence-electron chi connectivity index (χ0n) is 16.2. The predicted molar refractivity (Wildman–Crippen MR) is 113 cm³/mol. The Labute approximate surface area is 169 Å². The number of aryl methyl sites for hydroxylation is 2. The summed E-state index contributed by atoms with van der Waals surface area (Å²) in [6.45, 7) is 3.44. The number of hydrogen-bond acceptors (Lipinski definition) is 6. The number of hydrogen-bond donors (Lipinski definition) is 2. The molecule has 0 radical (unpaired) electrons. The van der Waals surface area contributed by atoms with Crippen molar-refractivity contribution in [2.75, 3.05) is 0 Å². The molecule has 0 unspecified atom stereocenters. The standard InChI is InChI=1S/C21H17N5O4/c1-12-6-5-7-14(10-12)25-19(28)16(18(27)24-21(25)30)11-22-26-13(2)23-17-9-4-3-8-15(17)20(26)29/h3-11,28H,1-2H3,(H,24,27,30). The molecule has 2 aromatic carbocycles. The molecule has 9 nitrogen and oxygen atoms in total. The molecule has 2 N–H and O–H groups in total. The molecular formula is C21H17N5O4. The minimum Gasteiger partial charge on any atom is -0.493 e. The third kappa shape index (κ3) is 3.22. The van der Waals surface area contributed by atoms with Crippen LogP contribution < -0.4 is 16.8 Å². The Kier molecular flexibility index (Phi) is 4.63. The van der Waals surface area contributed by atoms with Gasteiger partial charge in [-0.25, -0.2) is 14.3 Å². The quantitative estimate of drug-likeness (QED) is 0.501. The first-order valence-corrected chi connectivity index (χ1v) is 9.05. The Morgan fingerprint density at radius 3 is 2.60 bits per heavy atom. The fraction of sp³-hybridized carbons (Fsp3) is 0.0952. The smallest absolute Gasteiger partial charge is 0.335 e. The molecule has 0 saturated heterocycles. The molecule has 0 aliphatic rings. The van der Waals surface area contributed by atoms with Gasteiger partial charge >= 0.3 is 5.69 Å². The second-order valence-electron chi connectivity index (χ2n) is 6.71. The zero-order chi connectivity index (χ0) is 21.4. The Balaban J connectivity index is 1.89. The largest absolute Gasteiger partial charge is 0.493 e. The van der Waals surface area contributed by atoms with Crippen molar-refractivity contribution in [1.82, 2.24) is 19.2 Å². The van der Waals surface area contributed by atoms with Crippen LogP contribution in [0.5, 0.6) is 5.88 Å². The molecule has 4 aromatic rings. The number of aromatic nitrogens is 4. The van der Waals surface area contributed by atoms with Crippen molar-refractivity contribution < 1.29 is 5.11 Å². The first kappa shape index (κ1) is 19.1. The van der Waals surface area contributed by atoms with Gasteiger partial charge in [-0.05, 0) is 43.7 Å². The number of aromatic hydroxyl groups is 1. The maximum absolute atomic E-state index is 12.7. The van der Waals surface area contributed by atoms with Gasteiger partial charge in [-0.3, -0.25) is 14.6 Å². The average molecular weight is 403 g/mol. The minimum atomic E-state index is -0.829. The van der Waals surface area contributed by atoms with E-state index >= 15 is 0 Å². The summed E-state index contributed by atoms with van der Waals surface area (Å²) >= 11 is 0. The highest BCUT2D eigenvalue weighted by Gasteiger charge is 2.15. The van der Waals surface area contributed by atoms with Crippen molar-refractivity contribution in [1.29, 1.82) is 0 Å². The molecule has 0 bridgehead atoms. The first-order valence-electron chi connectivity index (χ1n) is 9.05. The SMILES string of the molecule is Cc1cccc(-n2c(O)c(C=Nn3c(C)nc4ccccc4c3=O)c(=O)[nH]c2=O)c1. The second kappa shape index (κ2) is 7.28. The second-order valence-corrected chi connectivity index (χ2v) is 6.71. The van der Waals surface area contributed by atoms with E-state index in [0.29, 0.717) is 22.4 Å². The van der Waals surface area contributed by atoms with Crippen LogP contribution in [0.2, 0.25) is 0 Å². The van der Waals surface area contributed by atoms with E-state index in [2.05, 4.69) is 15.1 Å². The van der Waals surface area contributed by atoms with Gasteiger partial charge in [-0.15, -0.1) is 0 Å². The summed E-state index contributed by atoms with van der Waals surface area (Å²) in [5, 5.41) is 15.0. The average Bonchev–Trinajstić information content (AvgIpc) is 2.69. The maximum Gasteiger partial charge on any atom is 0.335 e. The monoisotopic (exact) mass is 403 g/mol. The van der Waals surface area contributed by atoms with Gasteiger partial charge in [0.1, 0.15) is 11.4 Å². The van der Waals surface area contributed by atoms with E-state index in [-0.39, 0.29) is 5.56 Å². The van der Waals surface area contributed by atoms with E-state index in [1.807, 2.05) is 13.0 Å². The van der Waals surface area contributed by atoms with Crippen LogP contribution in [-0.4, -0.2) is 30.5 Å². The van der Waals surface area contributed by atoms with E-state index in [4.69, 9.17) is 0 Å². The molecule has 0 spiro atoms. The van der Waals surface area contributed by atoms with Gasteiger partial charge < -0.3 is 5.11 Å². The Hall–Kier alpha value is -4.27. The van der Waals surface area contributed by atoms with Gasteiger partial charge in [0, 0.05) is 0 Å². The summed E-state index contributed by atoms with van der Waals surface area (Å²) in [5.74, 6) is -0.282. The highest BCUT2D eigenvalue weighted by atomic mass is 16.3. The number of rotatable bonds is 3. The lowest BCUT2D eigenvalue weighted by atomic mass is 10.2. The summed E-state index contributed by atoms with van der Waals surface area (Å²) in [7, 11) is 0. The number of nitrogens with zero attached hydrogens (tertiary/aromatic N) is 4. The van der Waals surface area contributed by atoms with Crippen molar-refractivity contribution in [3.63, 3.8) is 0 Å². The molecule has 0 fully saturated rings. The number of H-pyrrole nitrogens is 1. The van der Waals surface area contributed by atoms with Crippen LogP contribution >= 0.6 is 0 Å². The highest BCUT2D eigenvalue weighted by Crippen LogP contribution is 2.16. The Morgan fingerprint density at radius 1 is 1.07 bits per heavy atom. The van der Waals surface area contributed by atoms with Crippen LogP contribution in [0.15, 0.2) is 68.0 Å². The third-order valence-corrected chi connectivity index (χ3v) is 4.60. The number of benzene rings is 2. The highest BCUT2D eigenvalue weighted by molar-refractivity contribution is 5.82. The van der Waals surface area contributed by atoms with Crippen molar-refractivity contribution in [3.05, 3.63) is 96.7 Å². The molecular weight excluding hydrogens is 386 g/mol. The number of nitrogens with one attached hydrogen (secondary N) is 1. The van der Waals surface area contributed by atoms with Crippen LogP contribution in [0.1, 0.15) is 17.0 Å². The van der Waals surface area contributed by atoms with Crippen molar-refractivity contribution in [3.8, 4) is 11.6 Å². The summed E-state index contributed by atoms with van der Waals surface area (Å²) in [6, 6.07) is 13.7. The van der Waals surface area contributed by atoms with Crippen molar-refractivity contribution in [2.24, 2.45) is 5.10 Å². The third-order valence-electron chi connectivity index (χ3n) is 4.60. The van der Waals surface area contributed by atoms with E-state index in [1.165, 1.54) is 0 Å². The van der Waals surface area contributed by atoms with Crippen molar-refractivity contribution >= 4 is 17.1 Å². The fourth-order valence-electron chi connectivity index (χ4n) is 3.15. The summed E-state index contributed by atoms with van der Waals surface area (Å²) in [4.78, 5) is 43.8. The van der Waals surface area contributed by atoms with Crippen LogP contribution in [0.3, 0.4) is 0 Å².